The topological polar surface area (TPSA) is 77.3 Å². The first-order valence-electron chi connectivity index (χ1n) is 6.16. The molecule has 0 N–H and O–H groups in total. The summed E-state index contributed by atoms with van der Waals surface area (Å²) in [6.45, 7) is 3.97. The molecule has 6 nitrogen and oxygen atoms in total. The van der Waals surface area contributed by atoms with E-state index in [2.05, 4.69) is 30.4 Å². The van der Waals surface area contributed by atoms with Crippen LogP contribution in [-0.2, 0) is 0 Å². The molecule has 0 radical (unpaired) electrons. The van der Waals surface area contributed by atoms with Gasteiger partial charge in [0.15, 0.2) is 0 Å². The van der Waals surface area contributed by atoms with Crippen molar-refractivity contribution in [1.29, 1.82) is 0 Å². The summed E-state index contributed by atoms with van der Waals surface area (Å²) in [6, 6.07) is 7.61. The molecule has 0 bridgehead atoms. The highest BCUT2D eigenvalue weighted by molar-refractivity contribution is 5.51. The van der Waals surface area contributed by atoms with Crippen molar-refractivity contribution in [1.82, 2.24) is 30.4 Å². The molecule has 3 heterocycles. The van der Waals surface area contributed by atoms with Crippen LogP contribution in [0.25, 0.3) is 23.0 Å². The summed E-state index contributed by atoms with van der Waals surface area (Å²) in [7, 11) is 0. The molecule has 0 aliphatic heterocycles. The molecule has 20 heavy (non-hydrogen) atoms. The first-order valence-corrected chi connectivity index (χ1v) is 6.16. The molecule has 3 rings (SSSR count). The Kier molecular flexibility index (Phi) is 3.12. The molecule has 0 atom stereocenters. The van der Waals surface area contributed by atoms with Crippen LogP contribution in [0.4, 0.5) is 0 Å². The SMILES string of the molecule is Cc1ccnc(-c2nnc(-c3cc(C)ccn3)nn2)c1. The van der Waals surface area contributed by atoms with Gasteiger partial charge in [0.25, 0.3) is 0 Å². The molecular formula is C14H12N6. The van der Waals surface area contributed by atoms with E-state index in [4.69, 9.17) is 0 Å². The Morgan fingerprint density at radius 3 is 1.40 bits per heavy atom. The minimum atomic E-state index is 0.408. The monoisotopic (exact) mass is 264 g/mol. The Hall–Kier alpha value is -2.76. The fraction of sp³-hybridized carbons (Fsp3) is 0.143. The van der Waals surface area contributed by atoms with Crippen molar-refractivity contribution in [2.24, 2.45) is 0 Å². The number of hydrogen-bond acceptors (Lipinski definition) is 6. The highest BCUT2D eigenvalue weighted by Crippen LogP contribution is 2.14. The second-order valence-corrected chi connectivity index (χ2v) is 4.48. The van der Waals surface area contributed by atoms with Gasteiger partial charge in [-0.25, -0.2) is 0 Å². The summed E-state index contributed by atoms with van der Waals surface area (Å²) in [5.74, 6) is 0.815. The number of nitrogens with zero attached hydrogens (tertiary/aromatic N) is 6. The van der Waals surface area contributed by atoms with Crippen LogP contribution in [-0.4, -0.2) is 30.4 Å². The summed E-state index contributed by atoms with van der Waals surface area (Å²) in [5, 5.41) is 16.3. The standard InChI is InChI=1S/C14H12N6/c1-9-3-5-15-11(7-9)13-17-19-14(20-18-13)12-8-10(2)4-6-16-12/h3-8H,1-2H3. The lowest BCUT2D eigenvalue weighted by atomic mass is 10.2. The van der Waals surface area contributed by atoms with Gasteiger partial charge in [0.2, 0.25) is 11.6 Å². The van der Waals surface area contributed by atoms with Crippen LogP contribution < -0.4 is 0 Å². The number of hydrogen-bond donors (Lipinski definition) is 0. The van der Waals surface area contributed by atoms with Crippen LogP contribution in [0.15, 0.2) is 36.7 Å². The number of aryl methyl sites for hydroxylation is 2. The van der Waals surface area contributed by atoms with Crippen LogP contribution in [0.5, 0.6) is 0 Å². The zero-order valence-electron chi connectivity index (χ0n) is 11.1. The predicted octanol–water partition coefficient (Wildman–Crippen LogP) is 2.01. The van der Waals surface area contributed by atoms with E-state index in [1.54, 1.807) is 12.4 Å². The number of pyridine rings is 2. The molecule has 0 aliphatic carbocycles. The summed E-state index contributed by atoms with van der Waals surface area (Å²) < 4.78 is 0. The van der Waals surface area contributed by atoms with Crippen molar-refractivity contribution < 1.29 is 0 Å². The van der Waals surface area contributed by atoms with E-state index in [0.29, 0.717) is 23.0 Å². The predicted molar refractivity (Wildman–Crippen MR) is 73.6 cm³/mol. The van der Waals surface area contributed by atoms with Crippen molar-refractivity contribution >= 4 is 0 Å². The van der Waals surface area contributed by atoms with E-state index in [-0.39, 0.29) is 0 Å². The van der Waals surface area contributed by atoms with Gasteiger partial charge < -0.3 is 0 Å². The highest BCUT2D eigenvalue weighted by atomic mass is 15.3. The normalized spacial score (nSPS) is 10.5. The Labute approximate surface area is 116 Å². The maximum atomic E-state index is 4.21. The summed E-state index contributed by atoms with van der Waals surface area (Å²) in [6.07, 6.45) is 3.42. The van der Waals surface area contributed by atoms with Crippen molar-refractivity contribution in [2.45, 2.75) is 13.8 Å². The van der Waals surface area contributed by atoms with Crippen LogP contribution in [0.2, 0.25) is 0 Å². The molecule has 0 aliphatic rings. The first-order chi connectivity index (χ1) is 9.72. The summed E-state index contributed by atoms with van der Waals surface area (Å²) >= 11 is 0. The van der Waals surface area contributed by atoms with Crippen LogP contribution >= 0.6 is 0 Å². The molecule has 0 saturated heterocycles. The fourth-order valence-corrected chi connectivity index (χ4v) is 1.75. The van der Waals surface area contributed by atoms with Crippen molar-refractivity contribution in [3.63, 3.8) is 0 Å². The lowest BCUT2D eigenvalue weighted by Crippen LogP contribution is -2.01. The summed E-state index contributed by atoms with van der Waals surface area (Å²) in [5.41, 5.74) is 3.49. The second-order valence-electron chi connectivity index (χ2n) is 4.48. The van der Waals surface area contributed by atoms with Crippen LogP contribution in [0.1, 0.15) is 11.1 Å². The van der Waals surface area contributed by atoms with Crippen molar-refractivity contribution in [3.05, 3.63) is 47.8 Å². The molecule has 98 valence electrons. The van der Waals surface area contributed by atoms with Crippen LogP contribution in [0.3, 0.4) is 0 Å². The average molecular weight is 264 g/mol. The van der Waals surface area contributed by atoms with Gasteiger partial charge in [0, 0.05) is 12.4 Å². The van der Waals surface area contributed by atoms with Crippen molar-refractivity contribution in [3.8, 4) is 23.0 Å². The maximum Gasteiger partial charge on any atom is 0.221 e. The fourth-order valence-electron chi connectivity index (χ4n) is 1.75. The van der Waals surface area contributed by atoms with Gasteiger partial charge in [-0.15, -0.1) is 20.4 Å². The number of aromatic nitrogens is 6. The van der Waals surface area contributed by atoms with E-state index < -0.39 is 0 Å². The zero-order chi connectivity index (χ0) is 13.9. The van der Waals surface area contributed by atoms with E-state index in [9.17, 15) is 0 Å². The van der Waals surface area contributed by atoms with Gasteiger partial charge in [-0.2, -0.15) is 0 Å². The first kappa shape index (κ1) is 12.3. The quantitative estimate of drug-likeness (QED) is 0.704. The third-order valence-corrected chi connectivity index (χ3v) is 2.77. The molecule has 0 fully saturated rings. The van der Waals surface area contributed by atoms with Gasteiger partial charge >= 0.3 is 0 Å². The van der Waals surface area contributed by atoms with E-state index in [0.717, 1.165) is 11.1 Å². The minimum absolute atomic E-state index is 0.408. The van der Waals surface area contributed by atoms with E-state index in [1.807, 2.05) is 38.1 Å². The van der Waals surface area contributed by atoms with Gasteiger partial charge in [-0.3, -0.25) is 9.97 Å². The van der Waals surface area contributed by atoms with Gasteiger partial charge in [-0.1, -0.05) is 0 Å². The molecule has 0 amide bonds. The van der Waals surface area contributed by atoms with Crippen LogP contribution in [0, 0.1) is 13.8 Å². The van der Waals surface area contributed by atoms with E-state index >= 15 is 0 Å². The van der Waals surface area contributed by atoms with Crippen molar-refractivity contribution in [2.75, 3.05) is 0 Å². The number of rotatable bonds is 2. The minimum Gasteiger partial charge on any atom is -0.253 e. The Morgan fingerprint density at radius 2 is 1.05 bits per heavy atom. The Balaban J connectivity index is 1.96. The molecular weight excluding hydrogens is 252 g/mol. The highest BCUT2D eigenvalue weighted by Gasteiger charge is 2.08. The molecule has 3 aromatic rings. The molecule has 0 saturated carbocycles. The van der Waals surface area contributed by atoms with E-state index in [1.165, 1.54) is 0 Å². The van der Waals surface area contributed by atoms with Gasteiger partial charge in [0.1, 0.15) is 11.4 Å². The maximum absolute atomic E-state index is 4.21. The Morgan fingerprint density at radius 1 is 0.650 bits per heavy atom. The second kappa shape index (κ2) is 5.08. The lowest BCUT2D eigenvalue weighted by molar-refractivity contribution is 0.864. The zero-order valence-corrected chi connectivity index (χ0v) is 11.1. The molecule has 0 aromatic carbocycles. The Bertz CT molecular complexity index is 674. The third-order valence-electron chi connectivity index (χ3n) is 2.77. The van der Waals surface area contributed by atoms with Gasteiger partial charge in [-0.05, 0) is 49.2 Å². The molecule has 6 heteroatoms. The largest absolute Gasteiger partial charge is 0.253 e. The third kappa shape index (κ3) is 2.49. The smallest absolute Gasteiger partial charge is 0.221 e. The molecule has 0 unspecified atom stereocenters. The lowest BCUT2D eigenvalue weighted by Gasteiger charge is -2.01. The molecule has 3 aromatic heterocycles. The summed E-state index contributed by atoms with van der Waals surface area (Å²) in [4.78, 5) is 8.41. The average Bonchev–Trinajstić information content (AvgIpc) is 2.47. The molecule has 0 spiro atoms. The van der Waals surface area contributed by atoms with Gasteiger partial charge in [0.05, 0.1) is 0 Å².